The first-order valence-corrected chi connectivity index (χ1v) is 3.48. The molecule has 0 rings (SSSR count). The average molecular weight is 141 g/mol. The maximum atomic E-state index is 8.60. The SMILES string of the molecule is C/C=C\C(NO)=C(\C)CC. The van der Waals surface area contributed by atoms with Gasteiger partial charge in [-0.15, -0.1) is 0 Å². The van der Waals surface area contributed by atoms with Crippen molar-refractivity contribution in [2.45, 2.75) is 27.2 Å². The predicted octanol–water partition coefficient (Wildman–Crippen LogP) is 2.23. The van der Waals surface area contributed by atoms with Gasteiger partial charge in [-0.2, -0.15) is 0 Å². The van der Waals surface area contributed by atoms with E-state index in [1.165, 1.54) is 0 Å². The molecule has 0 amide bonds. The molecule has 0 atom stereocenters. The molecule has 2 nitrogen and oxygen atoms in total. The predicted molar refractivity (Wildman–Crippen MR) is 42.7 cm³/mol. The van der Waals surface area contributed by atoms with Gasteiger partial charge in [0.25, 0.3) is 0 Å². The summed E-state index contributed by atoms with van der Waals surface area (Å²) < 4.78 is 0. The van der Waals surface area contributed by atoms with Gasteiger partial charge in [-0.1, -0.05) is 13.0 Å². The Balaban J connectivity index is 4.29. The second-order valence-electron chi connectivity index (χ2n) is 2.16. The maximum Gasteiger partial charge on any atom is 0.0587 e. The molecule has 2 heteroatoms. The maximum absolute atomic E-state index is 8.60. The van der Waals surface area contributed by atoms with Gasteiger partial charge in [0.05, 0.1) is 5.70 Å². The van der Waals surface area contributed by atoms with E-state index >= 15 is 0 Å². The quantitative estimate of drug-likeness (QED) is 0.466. The number of hydrogen-bond donors (Lipinski definition) is 2. The topological polar surface area (TPSA) is 32.3 Å². The zero-order valence-corrected chi connectivity index (χ0v) is 6.81. The van der Waals surface area contributed by atoms with Gasteiger partial charge in [-0.3, -0.25) is 10.7 Å². The number of rotatable bonds is 3. The van der Waals surface area contributed by atoms with Crippen molar-refractivity contribution in [3.8, 4) is 0 Å². The van der Waals surface area contributed by atoms with Crippen molar-refractivity contribution in [3.05, 3.63) is 23.4 Å². The summed E-state index contributed by atoms with van der Waals surface area (Å²) in [5, 5.41) is 8.60. The summed E-state index contributed by atoms with van der Waals surface area (Å²) in [4.78, 5) is 0. The second-order valence-corrected chi connectivity index (χ2v) is 2.16. The molecule has 0 heterocycles. The second kappa shape index (κ2) is 5.06. The molecule has 0 aromatic carbocycles. The summed E-state index contributed by atoms with van der Waals surface area (Å²) in [6, 6.07) is 0. The molecule has 0 spiro atoms. The first-order chi connectivity index (χ1) is 4.76. The van der Waals surface area contributed by atoms with E-state index in [4.69, 9.17) is 5.21 Å². The Morgan fingerprint density at radius 2 is 2.20 bits per heavy atom. The molecule has 10 heavy (non-hydrogen) atoms. The van der Waals surface area contributed by atoms with E-state index in [0.717, 1.165) is 17.7 Å². The highest BCUT2D eigenvalue weighted by molar-refractivity contribution is 5.20. The van der Waals surface area contributed by atoms with E-state index in [0.29, 0.717) is 0 Å². The van der Waals surface area contributed by atoms with Gasteiger partial charge < -0.3 is 0 Å². The van der Waals surface area contributed by atoms with Gasteiger partial charge in [-0.05, 0) is 31.9 Å². The monoisotopic (exact) mass is 141 g/mol. The molecule has 0 aliphatic rings. The molecule has 0 aromatic heterocycles. The summed E-state index contributed by atoms with van der Waals surface area (Å²) in [6.45, 7) is 5.95. The Morgan fingerprint density at radius 3 is 2.50 bits per heavy atom. The van der Waals surface area contributed by atoms with Crippen molar-refractivity contribution in [3.63, 3.8) is 0 Å². The minimum atomic E-state index is 0.796. The van der Waals surface area contributed by atoms with Gasteiger partial charge in [-0.25, -0.2) is 0 Å². The minimum Gasteiger partial charge on any atom is -0.291 e. The molecule has 0 bridgehead atoms. The summed E-state index contributed by atoms with van der Waals surface area (Å²) in [6.07, 6.45) is 4.68. The molecule has 2 N–H and O–H groups in total. The molecule has 58 valence electrons. The Labute approximate surface area is 62.2 Å². The van der Waals surface area contributed by atoms with Crippen LogP contribution in [0.3, 0.4) is 0 Å². The number of hydroxylamine groups is 1. The summed E-state index contributed by atoms with van der Waals surface area (Å²) in [7, 11) is 0. The molecule has 0 radical (unpaired) electrons. The number of allylic oxidation sites excluding steroid dienone is 3. The smallest absolute Gasteiger partial charge is 0.0587 e. The van der Waals surface area contributed by atoms with Crippen LogP contribution in [-0.2, 0) is 0 Å². The lowest BCUT2D eigenvalue weighted by atomic mass is 10.2. The van der Waals surface area contributed by atoms with Crippen molar-refractivity contribution in [1.29, 1.82) is 0 Å². The third kappa shape index (κ3) is 2.69. The molecular weight excluding hydrogens is 126 g/mol. The Hall–Kier alpha value is -0.760. The molecular formula is C8H15NO. The van der Waals surface area contributed by atoms with Crippen LogP contribution >= 0.6 is 0 Å². The zero-order valence-electron chi connectivity index (χ0n) is 6.81. The third-order valence-corrected chi connectivity index (χ3v) is 1.44. The molecule has 0 saturated heterocycles. The minimum absolute atomic E-state index is 0.796. The van der Waals surface area contributed by atoms with Gasteiger partial charge in [0.2, 0.25) is 0 Å². The fourth-order valence-electron chi connectivity index (χ4n) is 0.632. The van der Waals surface area contributed by atoms with Crippen molar-refractivity contribution in [2.24, 2.45) is 0 Å². The lowest BCUT2D eigenvalue weighted by Gasteiger charge is -2.02. The van der Waals surface area contributed by atoms with Crippen molar-refractivity contribution in [2.75, 3.05) is 0 Å². The lowest BCUT2D eigenvalue weighted by molar-refractivity contribution is 0.203. The highest BCUT2D eigenvalue weighted by Gasteiger charge is 1.92. The Kier molecular flexibility index (Phi) is 4.67. The van der Waals surface area contributed by atoms with Crippen LogP contribution in [0.2, 0.25) is 0 Å². The summed E-state index contributed by atoms with van der Waals surface area (Å²) >= 11 is 0. The van der Waals surface area contributed by atoms with E-state index < -0.39 is 0 Å². The van der Waals surface area contributed by atoms with Gasteiger partial charge in [0.1, 0.15) is 0 Å². The molecule has 0 unspecified atom stereocenters. The standard InChI is InChI=1S/C8H15NO/c1-4-6-8(9-10)7(3)5-2/h4,6,9-10H,5H2,1-3H3/b6-4-,8-7+. The molecule has 0 aromatic rings. The van der Waals surface area contributed by atoms with E-state index in [2.05, 4.69) is 12.4 Å². The number of nitrogens with one attached hydrogen (secondary N) is 1. The van der Waals surface area contributed by atoms with Crippen LogP contribution < -0.4 is 5.48 Å². The van der Waals surface area contributed by atoms with Crippen LogP contribution in [-0.4, -0.2) is 5.21 Å². The molecule has 0 aliphatic carbocycles. The Morgan fingerprint density at radius 1 is 1.60 bits per heavy atom. The summed E-state index contributed by atoms with van der Waals surface area (Å²) in [5.41, 5.74) is 4.10. The first-order valence-electron chi connectivity index (χ1n) is 3.48. The number of hydrogen-bond acceptors (Lipinski definition) is 2. The van der Waals surface area contributed by atoms with E-state index in [-0.39, 0.29) is 0 Å². The highest BCUT2D eigenvalue weighted by atomic mass is 16.5. The van der Waals surface area contributed by atoms with Crippen LogP contribution in [0.15, 0.2) is 23.4 Å². The van der Waals surface area contributed by atoms with Crippen LogP contribution in [0.1, 0.15) is 27.2 Å². The zero-order chi connectivity index (χ0) is 7.98. The Bertz CT molecular complexity index is 147. The lowest BCUT2D eigenvalue weighted by Crippen LogP contribution is -2.06. The highest BCUT2D eigenvalue weighted by Crippen LogP contribution is 2.05. The van der Waals surface area contributed by atoms with Crippen molar-refractivity contribution < 1.29 is 5.21 Å². The normalized spacial score (nSPS) is 13.6. The molecule has 0 saturated carbocycles. The van der Waals surface area contributed by atoms with Crippen LogP contribution in [0.5, 0.6) is 0 Å². The molecule has 0 aliphatic heterocycles. The first kappa shape index (κ1) is 9.24. The van der Waals surface area contributed by atoms with Crippen molar-refractivity contribution in [1.82, 2.24) is 5.48 Å². The van der Waals surface area contributed by atoms with E-state index in [9.17, 15) is 0 Å². The van der Waals surface area contributed by atoms with E-state index in [1.54, 1.807) is 0 Å². The molecule has 0 fully saturated rings. The average Bonchev–Trinajstić information content (AvgIpc) is 1.99. The van der Waals surface area contributed by atoms with Crippen LogP contribution in [0, 0.1) is 0 Å². The third-order valence-electron chi connectivity index (χ3n) is 1.44. The van der Waals surface area contributed by atoms with Gasteiger partial charge in [0, 0.05) is 0 Å². The van der Waals surface area contributed by atoms with Crippen molar-refractivity contribution >= 4 is 0 Å². The summed E-state index contributed by atoms with van der Waals surface area (Å²) in [5.74, 6) is 0. The van der Waals surface area contributed by atoms with Gasteiger partial charge in [0.15, 0.2) is 0 Å². The largest absolute Gasteiger partial charge is 0.291 e. The van der Waals surface area contributed by atoms with Gasteiger partial charge >= 0.3 is 0 Å². The van der Waals surface area contributed by atoms with Crippen LogP contribution in [0.4, 0.5) is 0 Å². The van der Waals surface area contributed by atoms with Crippen LogP contribution in [0.25, 0.3) is 0 Å². The fourth-order valence-corrected chi connectivity index (χ4v) is 0.632. The van der Waals surface area contributed by atoms with E-state index in [1.807, 2.05) is 26.0 Å². The fraction of sp³-hybridized carbons (Fsp3) is 0.500.